The van der Waals surface area contributed by atoms with E-state index in [1.54, 1.807) is 14.0 Å². The van der Waals surface area contributed by atoms with Crippen molar-refractivity contribution in [3.8, 4) is 0 Å². The molecule has 12 nitrogen and oxygen atoms in total. The van der Waals surface area contributed by atoms with Crippen LogP contribution in [0.1, 0.15) is 39.0 Å². The molecule has 1 unspecified atom stereocenters. The topological polar surface area (TPSA) is 186 Å². The van der Waals surface area contributed by atoms with Crippen molar-refractivity contribution in [1.29, 1.82) is 0 Å². The van der Waals surface area contributed by atoms with Gasteiger partial charge >= 0.3 is 0 Å². The van der Waals surface area contributed by atoms with E-state index in [0.29, 0.717) is 31.7 Å². The van der Waals surface area contributed by atoms with Crippen LogP contribution < -0.4 is 27.4 Å². The lowest BCUT2D eigenvalue weighted by Crippen LogP contribution is -2.67. The number of hydrogen-bond donors (Lipinski definition) is 8. The normalized spacial score (nSPS) is 43.8. The van der Waals surface area contributed by atoms with Gasteiger partial charge in [-0.3, -0.25) is 0 Å². The number of aliphatic hydroxyl groups is 3. The van der Waals surface area contributed by atoms with E-state index in [9.17, 15) is 15.3 Å². The number of likely N-dealkylation sites (N-methyl/N-ethyl adjacent to an activating group) is 1. The first-order valence-electron chi connectivity index (χ1n) is 13.7. The highest BCUT2D eigenvalue weighted by molar-refractivity contribution is 5.03. The van der Waals surface area contributed by atoms with Gasteiger partial charge in [-0.25, -0.2) is 0 Å². The predicted octanol–water partition coefficient (Wildman–Crippen LogP) is -2.16. The van der Waals surface area contributed by atoms with Crippen molar-refractivity contribution >= 4 is 0 Å². The standard InChI is InChI=1S/C25H47N5O7/c1-25(33)13-34-24(20(32)22(25)28-2)37-21-16(26)5-6-18(19(21)31)36-23-17(27)4-3-15(35-23)12-30-11-14-7-9-29-10-8-14/h3,14,16-24,28-33H,4-13,26-27H2,1-2H3/t16-,17-,18-,19?,20-,21+,22-,23-,24-,25+/m1/s1. The highest BCUT2D eigenvalue weighted by Gasteiger charge is 2.49. The molecule has 0 radical (unpaired) electrons. The second-order valence-corrected chi connectivity index (χ2v) is 11.2. The van der Waals surface area contributed by atoms with Gasteiger partial charge in [0, 0.05) is 6.04 Å². The van der Waals surface area contributed by atoms with Crippen LogP contribution in [0.3, 0.4) is 0 Å². The minimum Gasteiger partial charge on any atom is -0.467 e. The highest BCUT2D eigenvalue weighted by Crippen LogP contribution is 2.31. The highest BCUT2D eigenvalue weighted by atomic mass is 16.7. The molecule has 3 heterocycles. The maximum Gasteiger partial charge on any atom is 0.215 e. The Hall–Kier alpha value is -0.900. The van der Waals surface area contributed by atoms with Gasteiger partial charge in [0.2, 0.25) is 6.29 Å². The molecule has 12 heteroatoms. The molecule has 1 saturated carbocycles. The Morgan fingerprint density at radius 1 is 1.08 bits per heavy atom. The van der Waals surface area contributed by atoms with Crippen LogP contribution in [-0.2, 0) is 18.9 Å². The molecule has 0 amide bonds. The molecule has 10 atom stereocenters. The summed E-state index contributed by atoms with van der Waals surface area (Å²) in [5.41, 5.74) is 11.3. The van der Waals surface area contributed by atoms with Crippen LogP contribution in [0, 0.1) is 5.92 Å². The molecule has 0 aromatic carbocycles. The summed E-state index contributed by atoms with van der Waals surface area (Å²) in [6.45, 7) is 5.22. The molecule has 3 fully saturated rings. The Balaban J connectivity index is 1.30. The molecule has 37 heavy (non-hydrogen) atoms. The minimum absolute atomic E-state index is 0.0379. The monoisotopic (exact) mass is 529 g/mol. The van der Waals surface area contributed by atoms with Crippen molar-refractivity contribution in [2.24, 2.45) is 17.4 Å². The van der Waals surface area contributed by atoms with Crippen molar-refractivity contribution in [3.63, 3.8) is 0 Å². The van der Waals surface area contributed by atoms with E-state index in [1.807, 2.05) is 6.08 Å². The lowest BCUT2D eigenvalue weighted by Gasteiger charge is -2.47. The first kappa shape index (κ1) is 29.1. The maximum absolute atomic E-state index is 11.1. The van der Waals surface area contributed by atoms with Crippen molar-refractivity contribution in [1.82, 2.24) is 16.0 Å². The third-order valence-electron chi connectivity index (χ3n) is 8.09. The van der Waals surface area contributed by atoms with E-state index < -0.39 is 54.7 Å². The fourth-order valence-electron chi connectivity index (χ4n) is 5.77. The summed E-state index contributed by atoms with van der Waals surface area (Å²) >= 11 is 0. The molecule has 3 aliphatic heterocycles. The number of aliphatic hydroxyl groups excluding tert-OH is 2. The second-order valence-electron chi connectivity index (χ2n) is 11.2. The zero-order chi connectivity index (χ0) is 26.6. The van der Waals surface area contributed by atoms with Crippen LogP contribution in [0.4, 0.5) is 0 Å². The van der Waals surface area contributed by atoms with Crippen LogP contribution in [0.2, 0.25) is 0 Å². The van der Waals surface area contributed by atoms with Gasteiger partial charge in [-0.2, -0.15) is 0 Å². The molecular formula is C25H47N5O7. The molecule has 4 aliphatic rings. The summed E-state index contributed by atoms with van der Waals surface area (Å²) in [6, 6.07) is -1.51. The van der Waals surface area contributed by atoms with E-state index in [0.717, 1.165) is 25.4 Å². The molecule has 2 saturated heterocycles. The van der Waals surface area contributed by atoms with Gasteiger partial charge in [-0.1, -0.05) is 0 Å². The zero-order valence-electron chi connectivity index (χ0n) is 22.1. The fraction of sp³-hybridized carbons (Fsp3) is 0.920. The lowest BCUT2D eigenvalue weighted by atomic mass is 9.87. The van der Waals surface area contributed by atoms with Crippen LogP contribution in [0.25, 0.3) is 0 Å². The zero-order valence-corrected chi connectivity index (χ0v) is 22.1. The minimum atomic E-state index is -1.27. The Morgan fingerprint density at radius 3 is 2.57 bits per heavy atom. The summed E-state index contributed by atoms with van der Waals surface area (Å²) in [6.07, 6.45) is 0.595. The fourth-order valence-corrected chi connectivity index (χ4v) is 5.77. The van der Waals surface area contributed by atoms with E-state index in [1.165, 1.54) is 12.8 Å². The average molecular weight is 530 g/mol. The molecule has 1 aliphatic carbocycles. The molecule has 0 bridgehead atoms. The van der Waals surface area contributed by atoms with E-state index in [-0.39, 0.29) is 12.6 Å². The van der Waals surface area contributed by atoms with Crippen LogP contribution in [-0.4, -0.2) is 116 Å². The summed E-state index contributed by atoms with van der Waals surface area (Å²) < 4.78 is 23.9. The third-order valence-corrected chi connectivity index (χ3v) is 8.09. The number of nitrogens with one attached hydrogen (secondary N) is 3. The first-order valence-corrected chi connectivity index (χ1v) is 13.7. The average Bonchev–Trinajstić information content (AvgIpc) is 2.87. The Kier molecular flexibility index (Phi) is 10.2. The molecule has 10 N–H and O–H groups in total. The van der Waals surface area contributed by atoms with E-state index in [2.05, 4.69) is 16.0 Å². The SMILES string of the molecule is CN[C@@H]1[C@@H](O)[C@@H](O[C@@H]2C(O)[C@H](O[C@H]3OC(CNCC4CCNCC4)=CC[C@H]3N)CC[C@H]2N)OC[C@]1(C)O. The predicted molar refractivity (Wildman–Crippen MR) is 136 cm³/mol. The van der Waals surface area contributed by atoms with Crippen LogP contribution in [0.15, 0.2) is 11.8 Å². The number of ether oxygens (including phenoxy) is 4. The largest absolute Gasteiger partial charge is 0.467 e. The van der Waals surface area contributed by atoms with E-state index >= 15 is 0 Å². The molecule has 0 spiro atoms. The molecular weight excluding hydrogens is 482 g/mol. The third kappa shape index (κ3) is 7.20. The Morgan fingerprint density at radius 2 is 1.84 bits per heavy atom. The van der Waals surface area contributed by atoms with Crippen molar-refractivity contribution in [3.05, 3.63) is 11.8 Å². The molecule has 0 aromatic rings. The number of hydrogen-bond acceptors (Lipinski definition) is 12. The molecule has 0 aromatic heterocycles. The quantitative estimate of drug-likeness (QED) is 0.162. The van der Waals surface area contributed by atoms with Gasteiger partial charge in [-0.05, 0) is 77.7 Å². The second kappa shape index (κ2) is 13.0. The number of nitrogens with two attached hydrogens (primary N) is 2. The van der Waals surface area contributed by atoms with E-state index in [4.69, 9.17) is 30.4 Å². The van der Waals surface area contributed by atoms with Crippen molar-refractivity contribution < 1.29 is 34.3 Å². The van der Waals surface area contributed by atoms with Crippen LogP contribution >= 0.6 is 0 Å². The van der Waals surface area contributed by atoms with Crippen molar-refractivity contribution in [2.75, 3.05) is 39.8 Å². The number of piperidine rings is 1. The Labute approximate surface area is 219 Å². The summed E-state index contributed by atoms with van der Waals surface area (Å²) in [5.74, 6) is 1.46. The smallest absolute Gasteiger partial charge is 0.215 e. The maximum atomic E-state index is 11.1. The van der Waals surface area contributed by atoms with Gasteiger partial charge in [0.1, 0.15) is 29.7 Å². The van der Waals surface area contributed by atoms with Crippen molar-refractivity contribution in [2.45, 2.75) is 99.8 Å². The summed E-state index contributed by atoms with van der Waals surface area (Å²) in [5, 5.41) is 42.2. The summed E-state index contributed by atoms with van der Waals surface area (Å²) in [4.78, 5) is 0. The Bertz CT molecular complexity index is 753. The number of rotatable bonds is 9. The molecule has 214 valence electrons. The van der Waals surface area contributed by atoms with Gasteiger partial charge in [0.05, 0.1) is 31.3 Å². The first-order chi connectivity index (χ1) is 17.7. The van der Waals surface area contributed by atoms with Crippen LogP contribution in [0.5, 0.6) is 0 Å². The van der Waals surface area contributed by atoms with Gasteiger partial charge in [0.25, 0.3) is 0 Å². The molecule has 4 rings (SSSR count). The van der Waals surface area contributed by atoms with Gasteiger partial charge in [-0.15, -0.1) is 0 Å². The van der Waals surface area contributed by atoms with Gasteiger partial charge < -0.3 is 61.7 Å². The van der Waals surface area contributed by atoms with Gasteiger partial charge in [0.15, 0.2) is 6.29 Å². The summed E-state index contributed by atoms with van der Waals surface area (Å²) in [7, 11) is 1.65. The lowest BCUT2D eigenvalue weighted by molar-refractivity contribution is -0.302.